The van der Waals surface area contributed by atoms with Crippen molar-refractivity contribution in [3.63, 3.8) is 0 Å². The minimum atomic E-state index is -0.812. The van der Waals surface area contributed by atoms with Gasteiger partial charge < -0.3 is 19.5 Å². The molecule has 1 aliphatic heterocycles. The number of Topliss-reactive ketones (excluding diaryl/α,β-unsaturated/α-hetero) is 1. The van der Waals surface area contributed by atoms with Crippen LogP contribution in [0.3, 0.4) is 0 Å². The first-order valence-corrected chi connectivity index (χ1v) is 13.8. The van der Waals surface area contributed by atoms with Crippen LogP contribution in [0.4, 0.5) is 11.4 Å². The maximum absolute atomic E-state index is 13.6. The van der Waals surface area contributed by atoms with Crippen LogP contribution in [0.1, 0.15) is 63.3 Å². The predicted molar refractivity (Wildman–Crippen MR) is 159 cm³/mol. The highest BCUT2D eigenvalue weighted by Crippen LogP contribution is 2.43. The van der Waals surface area contributed by atoms with Crippen LogP contribution in [0, 0.1) is 0 Å². The zero-order valence-electron chi connectivity index (χ0n) is 24.1. The van der Waals surface area contributed by atoms with Gasteiger partial charge in [0.2, 0.25) is 0 Å². The van der Waals surface area contributed by atoms with E-state index >= 15 is 0 Å². The van der Waals surface area contributed by atoms with E-state index in [1.54, 1.807) is 43.5 Å². The monoisotopic (exact) mass is 542 g/mol. The first kappa shape index (κ1) is 28.7. The van der Waals surface area contributed by atoms with Gasteiger partial charge in [-0.05, 0) is 92.4 Å². The van der Waals surface area contributed by atoms with Crippen molar-refractivity contribution in [2.45, 2.75) is 46.6 Å². The van der Waals surface area contributed by atoms with Crippen molar-refractivity contribution >= 4 is 28.8 Å². The minimum absolute atomic E-state index is 0.0512. The number of hydrogen-bond acceptors (Lipinski definition) is 6. The van der Waals surface area contributed by atoms with Crippen LogP contribution in [-0.2, 0) is 9.59 Å². The molecule has 0 spiro atoms. The number of carbonyl (C=O) groups is 2. The number of ether oxygens (including phenoxy) is 2. The molecule has 1 unspecified atom stereocenters. The third kappa shape index (κ3) is 5.41. The first-order valence-electron chi connectivity index (χ1n) is 13.8. The fourth-order valence-corrected chi connectivity index (χ4v) is 5.20. The number of aliphatic hydroxyl groups is 1. The van der Waals surface area contributed by atoms with Gasteiger partial charge in [0.05, 0.1) is 25.3 Å². The van der Waals surface area contributed by atoms with Crippen molar-refractivity contribution in [3.05, 3.63) is 89.0 Å². The van der Waals surface area contributed by atoms with Gasteiger partial charge in [0.1, 0.15) is 17.3 Å². The highest BCUT2D eigenvalue weighted by Gasteiger charge is 2.47. The summed E-state index contributed by atoms with van der Waals surface area (Å²) in [5, 5.41) is 11.6. The molecule has 0 aliphatic carbocycles. The van der Waals surface area contributed by atoms with Crippen molar-refractivity contribution in [2.24, 2.45) is 0 Å². The standard InChI is InChI=1S/C33H38N2O5/c1-7-34(8-2)24-13-10-22(11-14-24)30-29(31(36)23-12-19-28(40-9-3)27(20-23)21(4)5)32(37)33(38)35(30)25-15-17-26(39-6)18-16-25/h10-21,30,36H,7-9H2,1-6H3/b31-29-. The van der Waals surface area contributed by atoms with Gasteiger partial charge in [-0.3, -0.25) is 14.5 Å². The first-order chi connectivity index (χ1) is 19.2. The van der Waals surface area contributed by atoms with E-state index in [1.807, 2.05) is 51.1 Å². The van der Waals surface area contributed by atoms with Gasteiger partial charge in [-0.15, -0.1) is 0 Å². The van der Waals surface area contributed by atoms with Gasteiger partial charge in [-0.1, -0.05) is 26.0 Å². The van der Waals surface area contributed by atoms with Gasteiger partial charge in [0.25, 0.3) is 11.7 Å². The van der Waals surface area contributed by atoms with Crippen molar-refractivity contribution < 1.29 is 24.2 Å². The molecular formula is C33H38N2O5. The summed E-state index contributed by atoms with van der Waals surface area (Å²) in [6.07, 6.45) is 0. The number of hydrogen-bond donors (Lipinski definition) is 1. The van der Waals surface area contributed by atoms with Crippen LogP contribution in [0.15, 0.2) is 72.3 Å². The second-order valence-electron chi connectivity index (χ2n) is 9.97. The molecule has 1 amide bonds. The summed E-state index contributed by atoms with van der Waals surface area (Å²) in [5.74, 6) is -0.144. The summed E-state index contributed by atoms with van der Waals surface area (Å²) in [5.41, 5.74) is 3.73. The average Bonchev–Trinajstić information content (AvgIpc) is 3.23. The third-order valence-electron chi connectivity index (χ3n) is 7.34. The number of methoxy groups -OCH3 is 1. The molecule has 0 radical (unpaired) electrons. The quantitative estimate of drug-likeness (QED) is 0.175. The molecule has 40 heavy (non-hydrogen) atoms. The Morgan fingerprint density at radius 1 is 0.950 bits per heavy atom. The zero-order valence-corrected chi connectivity index (χ0v) is 24.1. The van der Waals surface area contributed by atoms with E-state index in [0.29, 0.717) is 23.6 Å². The maximum atomic E-state index is 13.6. The molecule has 1 fully saturated rings. The van der Waals surface area contributed by atoms with E-state index in [4.69, 9.17) is 9.47 Å². The molecule has 7 heteroatoms. The van der Waals surface area contributed by atoms with Crippen LogP contribution >= 0.6 is 0 Å². The topological polar surface area (TPSA) is 79.3 Å². The van der Waals surface area contributed by atoms with Gasteiger partial charge in [0, 0.05) is 30.0 Å². The van der Waals surface area contributed by atoms with Gasteiger partial charge in [0.15, 0.2) is 0 Å². The molecule has 7 nitrogen and oxygen atoms in total. The molecule has 1 atom stereocenters. The lowest BCUT2D eigenvalue weighted by Crippen LogP contribution is -2.29. The number of benzene rings is 3. The number of rotatable bonds is 10. The number of nitrogens with zero attached hydrogens (tertiary/aromatic N) is 2. The van der Waals surface area contributed by atoms with Crippen LogP contribution in [0.2, 0.25) is 0 Å². The van der Waals surface area contributed by atoms with E-state index in [-0.39, 0.29) is 17.3 Å². The summed E-state index contributed by atoms with van der Waals surface area (Å²) in [4.78, 5) is 30.8. The molecule has 1 saturated heterocycles. The number of ketones is 1. The molecule has 0 saturated carbocycles. The van der Waals surface area contributed by atoms with E-state index in [9.17, 15) is 14.7 Å². The maximum Gasteiger partial charge on any atom is 0.300 e. The third-order valence-corrected chi connectivity index (χ3v) is 7.34. The molecule has 1 aliphatic rings. The molecule has 210 valence electrons. The predicted octanol–water partition coefficient (Wildman–Crippen LogP) is 6.69. The van der Waals surface area contributed by atoms with Crippen molar-refractivity contribution in [1.82, 2.24) is 0 Å². The molecule has 0 bridgehead atoms. The summed E-state index contributed by atoms with van der Waals surface area (Å²) in [7, 11) is 1.57. The van der Waals surface area contributed by atoms with Crippen molar-refractivity contribution in [2.75, 3.05) is 36.6 Å². The minimum Gasteiger partial charge on any atom is -0.507 e. The van der Waals surface area contributed by atoms with E-state index in [1.165, 1.54) is 4.90 Å². The van der Waals surface area contributed by atoms with Crippen LogP contribution < -0.4 is 19.3 Å². The Bertz CT molecular complexity index is 1390. The zero-order chi connectivity index (χ0) is 29.0. The van der Waals surface area contributed by atoms with Crippen LogP contribution in [-0.4, -0.2) is 43.6 Å². The highest BCUT2D eigenvalue weighted by atomic mass is 16.5. The van der Waals surface area contributed by atoms with Crippen molar-refractivity contribution in [3.8, 4) is 11.5 Å². The molecular weight excluding hydrogens is 504 g/mol. The van der Waals surface area contributed by atoms with Crippen molar-refractivity contribution in [1.29, 1.82) is 0 Å². The Balaban J connectivity index is 1.90. The number of carbonyl (C=O) groups excluding carboxylic acids is 2. The summed E-state index contributed by atoms with van der Waals surface area (Å²) >= 11 is 0. The Kier molecular flexibility index (Phi) is 8.83. The van der Waals surface area contributed by atoms with Gasteiger partial charge in [-0.25, -0.2) is 0 Å². The summed E-state index contributed by atoms with van der Waals surface area (Å²) < 4.78 is 11.1. The second-order valence-corrected chi connectivity index (χ2v) is 9.97. The van der Waals surface area contributed by atoms with Gasteiger partial charge >= 0.3 is 0 Å². The molecule has 4 rings (SSSR count). The molecule has 0 aromatic heterocycles. The van der Waals surface area contributed by atoms with E-state index in [2.05, 4.69) is 18.7 Å². The lowest BCUT2D eigenvalue weighted by atomic mass is 9.93. The SMILES string of the molecule is CCOc1ccc(/C(O)=C2/C(=O)C(=O)N(c3ccc(OC)cc3)C2c2ccc(N(CC)CC)cc2)cc1C(C)C. The largest absolute Gasteiger partial charge is 0.507 e. The molecule has 3 aromatic carbocycles. The summed E-state index contributed by atoms with van der Waals surface area (Å²) in [6, 6.07) is 19.4. The number of anilines is 2. The smallest absolute Gasteiger partial charge is 0.300 e. The Labute approximate surface area is 236 Å². The molecule has 1 heterocycles. The fourth-order valence-electron chi connectivity index (χ4n) is 5.20. The Morgan fingerprint density at radius 2 is 1.60 bits per heavy atom. The lowest BCUT2D eigenvalue weighted by Gasteiger charge is -2.27. The number of amides is 1. The average molecular weight is 543 g/mol. The molecule has 3 aromatic rings. The highest BCUT2D eigenvalue weighted by molar-refractivity contribution is 6.51. The van der Waals surface area contributed by atoms with Crippen LogP contribution in [0.5, 0.6) is 11.5 Å². The Hall–Kier alpha value is -4.26. The Morgan fingerprint density at radius 3 is 2.15 bits per heavy atom. The molecule has 1 N–H and O–H groups in total. The normalized spacial score (nSPS) is 16.5. The van der Waals surface area contributed by atoms with Crippen LogP contribution in [0.25, 0.3) is 5.76 Å². The van der Waals surface area contributed by atoms with E-state index in [0.717, 1.165) is 35.7 Å². The second kappa shape index (κ2) is 12.3. The lowest BCUT2D eigenvalue weighted by molar-refractivity contribution is -0.132. The fraction of sp³-hybridized carbons (Fsp3) is 0.333. The van der Waals surface area contributed by atoms with E-state index < -0.39 is 17.7 Å². The summed E-state index contributed by atoms with van der Waals surface area (Å²) in [6.45, 7) is 12.4. The number of aliphatic hydroxyl groups excluding tert-OH is 1. The van der Waals surface area contributed by atoms with Gasteiger partial charge in [-0.2, -0.15) is 0 Å².